The van der Waals surface area contributed by atoms with Gasteiger partial charge in [0.15, 0.2) is 0 Å². The number of anilines is 1. The van der Waals surface area contributed by atoms with E-state index in [9.17, 15) is 13.2 Å². The Morgan fingerprint density at radius 1 is 1.30 bits per heavy atom. The first kappa shape index (κ1) is 20.4. The number of hydrogen-bond acceptors (Lipinski definition) is 6. The van der Waals surface area contributed by atoms with E-state index in [2.05, 4.69) is 10.3 Å². The number of alkyl halides is 3. The van der Waals surface area contributed by atoms with E-state index in [1.54, 1.807) is 6.07 Å². The van der Waals surface area contributed by atoms with Crippen molar-refractivity contribution in [2.24, 2.45) is 5.73 Å². The predicted molar refractivity (Wildman–Crippen MR) is 102 cm³/mol. The highest BCUT2D eigenvalue weighted by Gasteiger charge is 2.29. The van der Waals surface area contributed by atoms with Gasteiger partial charge in [0, 0.05) is 29.4 Å². The maximum atomic E-state index is 11.0. The molecular weight excluding hydrogens is 357 g/mol. The van der Waals surface area contributed by atoms with Crippen molar-refractivity contribution in [1.82, 2.24) is 10.3 Å². The minimum atomic E-state index is -4.42. The molecular formula is C18H21F3N6. The summed E-state index contributed by atoms with van der Waals surface area (Å²) >= 11 is 0. The summed E-state index contributed by atoms with van der Waals surface area (Å²) in [6, 6.07) is 3.72. The smallest absolute Gasteiger partial charge is 0.405 e. The molecule has 27 heavy (non-hydrogen) atoms. The molecule has 0 saturated heterocycles. The highest BCUT2D eigenvalue weighted by atomic mass is 19.4. The summed E-state index contributed by atoms with van der Waals surface area (Å²) in [5.74, 6) is 0. The van der Waals surface area contributed by atoms with Gasteiger partial charge in [0.1, 0.15) is 5.71 Å². The minimum absolute atomic E-state index is 0.622. The van der Waals surface area contributed by atoms with E-state index in [0.717, 1.165) is 47.2 Å². The van der Waals surface area contributed by atoms with E-state index >= 15 is 0 Å². The number of nitrogens with one attached hydrogen (secondary N) is 3. The number of nitrogens with zero attached hydrogens (tertiary/aromatic N) is 1. The molecule has 1 aromatic carbocycles. The van der Waals surface area contributed by atoms with Crippen LogP contribution in [0.4, 0.5) is 18.9 Å². The standard InChI is InChI=1S/C15H17N5.C3H4F3N/c16-5-3-13-11-8-19-6-4-9(11)15-10(7-17)12(18)1-2-14(15)20-13;1-2(7)3(4,5)6/h1-3,5,7,17,19H,4,6,8,16,18H2;7H,1H3/b5-3+,17-7?;. The van der Waals surface area contributed by atoms with Crippen LogP contribution in [0.1, 0.15) is 29.3 Å². The number of nitrogen functional groups attached to an aromatic ring is 1. The molecule has 7 N–H and O–H groups in total. The van der Waals surface area contributed by atoms with E-state index in [-0.39, 0.29) is 0 Å². The van der Waals surface area contributed by atoms with Crippen molar-refractivity contribution in [2.45, 2.75) is 26.1 Å². The van der Waals surface area contributed by atoms with Gasteiger partial charge in [-0.25, -0.2) is 4.98 Å². The molecule has 1 aromatic heterocycles. The van der Waals surface area contributed by atoms with E-state index in [1.807, 2.05) is 12.1 Å². The van der Waals surface area contributed by atoms with Crippen LogP contribution in [0.2, 0.25) is 0 Å². The summed E-state index contributed by atoms with van der Waals surface area (Å²) in [4.78, 5) is 4.66. The van der Waals surface area contributed by atoms with Gasteiger partial charge in [0.2, 0.25) is 0 Å². The number of rotatable bonds is 2. The van der Waals surface area contributed by atoms with Crippen molar-refractivity contribution >= 4 is 34.6 Å². The van der Waals surface area contributed by atoms with Gasteiger partial charge in [-0.15, -0.1) is 0 Å². The van der Waals surface area contributed by atoms with Gasteiger partial charge in [-0.3, -0.25) is 0 Å². The second-order valence-electron chi connectivity index (χ2n) is 5.97. The fourth-order valence-corrected chi connectivity index (χ4v) is 2.82. The fourth-order valence-electron chi connectivity index (χ4n) is 2.82. The molecule has 2 aromatic rings. The second kappa shape index (κ2) is 8.17. The number of hydrogen-bond donors (Lipinski definition) is 5. The van der Waals surface area contributed by atoms with Gasteiger partial charge in [-0.1, -0.05) is 0 Å². The summed E-state index contributed by atoms with van der Waals surface area (Å²) in [5.41, 5.74) is 15.8. The first-order valence-electron chi connectivity index (χ1n) is 8.16. The molecule has 0 atom stereocenters. The van der Waals surface area contributed by atoms with Gasteiger partial charge < -0.3 is 27.6 Å². The lowest BCUT2D eigenvalue weighted by Gasteiger charge is -2.22. The second-order valence-corrected chi connectivity index (χ2v) is 5.97. The molecule has 0 fully saturated rings. The fraction of sp³-hybridized carbons (Fsp3) is 0.278. The molecule has 3 rings (SSSR count). The molecule has 0 amide bonds. The number of aromatic nitrogens is 1. The zero-order valence-electron chi connectivity index (χ0n) is 14.7. The lowest BCUT2D eigenvalue weighted by atomic mass is 9.92. The Morgan fingerprint density at radius 3 is 2.52 bits per heavy atom. The van der Waals surface area contributed by atoms with Crippen molar-refractivity contribution in [2.75, 3.05) is 12.3 Å². The Morgan fingerprint density at radius 2 is 1.96 bits per heavy atom. The molecule has 0 saturated carbocycles. The first-order valence-corrected chi connectivity index (χ1v) is 8.16. The SMILES string of the molecule is CC(=N)C(F)(F)F.N=Cc1c(N)ccc2nc(/C=C/N)c3c(c12)CCNC3. The summed E-state index contributed by atoms with van der Waals surface area (Å²) in [6.07, 6.45) is 1.15. The molecule has 0 unspecified atom stereocenters. The maximum absolute atomic E-state index is 11.0. The van der Waals surface area contributed by atoms with Crippen LogP contribution in [0.3, 0.4) is 0 Å². The third-order valence-corrected chi connectivity index (χ3v) is 4.15. The van der Waals surface area contributed by atoms with E-state index in [1.165, 1.54) is 18.0 Å². The van der Waals surface area contributed by atoms with Gasteiger partial charge >= 0.3 is 6.18 Å². The van der Waals surface area contributed by atoms with Crippen LogP contribution in [0.15, 0.2) is 18.3 Å². The van der Waals surface area contributed by atoms with Crippen molar-refractivity contribution in [3.8, 4) is 0 Å². The summed E-state index contributed by atoms with van der Waals surface area (Å²) < 4.78 is 32.9. The van der Waals surface area contributed by atoms with Crippen LogP contribution in [-0.4, -0.2) is 29.6 Å². The number of fused-ring (bicyclic) bond motifs is 3. The average Bonchev–Trinajstić information content (AvgIpc) is 2.62. The van der Waals surface area contributed by atoms with Gasteiger partial charge in [-0.2, -0.15) is 13.2 Å². The largest absolute Gasteiger partial charge is 0.428 e. The van der Waals surface area contributed by atoms with Crippen LogP contribution >= 0.6 is 0 Å². The van der Waals surface area contributed by atoms with E-state index in [0.29, 0.717) is 12.6 Å². The molecule has 0 spiro atoms. The number of benzene rings is 1. The van der Waals surface area contributed by atoms with Crippen molar-refractivity contribution in [1.29, 1.82) is 10.8 Å². The lowest BCUT2D eigenvalue weighted by molar-refractivity contribution is -0.0599. The number of nitrogens with two attached hydrogens (primary N) is 2. The molecule has 6 nitrogen and oxygen atoms in total. The van der Waals surface area contributed by atoms with Gasteiger partial charge in [0.05, 0.1) is 11.2 Å². The molecule has 144 valence electrons. The molecule has 1 aliphatic heterocycles. The quantitative estimate of drug-likeness (QED) is 0.407. The lowest BCUT2D eigenvalue weighted by Crippen LogP contribution is -2.25. The van der Waals surface area contributed by atoms with Crippen LogP contribution < -0.4 is 16.8 Å². The molecule has 9 heteroatoms. The first-order chi connectivity index (χ1) is 12.7. The normalized spacial score (nSPS) is 13.8. The van der Waals surface area contributed by atoms with Gasteiger partial charge in [0.25, 0.3) is 0 Å². The van der Waals surface area contributed by atoms with Crippen LogP contribution in [0.25, 0.3) is 17.0 Å². The Bertz CT molecular complexity index is 902. The summed E-state index contributed by atoms with van der Waals surface area (Å²) in [7, 11) is 0. The molecule has 1 aliphatic rings. The third-order valence-electron chi connectivity index (χ3n) is 4.15. The molecule has 0 bridgehead atoms. The summed E-state index contributed by atoms with van der Waals surface area (Å²) in [6.45, 7) is 2.40. The molecule has 2 heterocycles. The Balaban J connectivity index is 0.000000321. The highest BCUT2D eigenvalue weighted by molar-refractivity contribution is 6.05. The van der Waals surface area contributed by atoms with Crippen molar-refractivity contribution in [3.63, 3.8) is 0 Å². The Kier molecular flexibility index (Phi) is 6.17. The number of pyridine rings is 1. The zero-order valence-corrected chi connectivity index (χ0v) is 14.7. The van der Waals surface area contributed by atoms with Crippen molar-refractivity contribution < 1.29 is 13.2 Å². The Hall–Kier alpha value is -2.94. The number of halogens is 3. The average molecular weight is 378 g/mol. The predicted octanol–water partition coefficient (Wildman–Crippen LogP) is 2.98. The molecule has 0 radical (unpaired) electrons. The topological polar surface area (TPSA) is 125 Å². The monoisotopic (exact) mass is 378 g/mol. The van der Waals surface area contributed by atoms with Gasteiger partial charge in [-0.05, 0) is 55.4 Å². The van der Waals surface area contributed by atoms with E-state index < -0.39 is 11.9 Å². The molecule has 0 aliphatic carbocycles. The maximum Gasteiger partial charge on any atom is 0.428 e. The van der Waals surface area contributed by atoms with Crippen LogP contribution in [0.5, 0.6) is 0 Å². The van der Waals surface area contributed by atoms with Crippen LogP contribution in [-0.2, 0) is 13.0 Å². The highest BCUT2D eigenvalue weighted by Crippen LogP contribution is 2.31. The van der Waals surface area contributed by atoms with Crippen molar-refractivity contribution in [3.05, 3.63) is 40.7 Å². The van der Waals surface area contributed by atoms with E-state index in [4.69, 9.17) is 22.3 Å². The zero-order chi connectivity index (χ0) is 20.2. The minimum Gasteiger partial charge on any atom is -0.405 e. The third kappa shape index (κ3) is 4.43. The summed E-state index contributed by atoms with van der Waals surface area (Å²) in [5, 5.41) is 18.0. The van der Waals surface area contributed by atoms with Crippen LogP contribution in [0, 0.1) is 10.8 Å². The Labute approximate surface area is 154 Å².